The van der Waals surface area contributed by atoms with E-state index in [1.165, 1.54) is 0 Å². The van der Waals surface area contributed by atoms with Gasteiger partial charge in [0.25, 0.3) is 0 Å². The molecule has 0 rings (SSSR count). The Bertz CT molecular complexity index is 121. The molecule has 0 aliphatic rings. The van der Waals surface area contributed by atoms with Gasteiger partial charge in [0.05, 0.1) is 0 Å². The summed E-state index contributed by atoms with van der Waals surface area (Å²) in [4.78, 5) is 0. The van der Waals surface area contributed by atoms with Gasteiger partial charge < -0.3 is 5.48 Å². The van der Waals surface area contributed by atoms with Gasteiger partial charge in [-0.15, -0.1) is 17.2 Å². The van der Waals surface area contributed by atoms with Crippen LogP contribution in [0.15, 0.2) is 0 Å². The average Bonchev–Trinajstić information content (AvgIpc) is 1.41. The standard InChI is InChI=1S/3C4H9N.H2O.4Sn.4H2/c3*1-4(2,3)5;;;;;;;;;/h3*1-3H3;1H2;;;;;4*1H/p+1. The van der Waals surface area contributed by atoms with Gasteiger partial charge in [0.1, 0.15) is 0 Å². The Morgan fingerprint density at radius 3 is 0.450 bits per heavy atom. The smallest absolute Gasteiger partial charge is 0.0459 e. The molecule has 122 valence electrons. The van der Waals surface area contributed by atoms with Crippen LogP contribution in [0.1, 0.15) is 68.0 Å². The zero-order valence-electron chi connectivity index (χ0n) is 14.4. The fourth-order valence-electron chi connectivity index (χ4n) is 0. The van der Waals surface area contributed by atoms with Gasteiger partial charge in [-0.25, -0.2) is 0 Å². The fourth-order valence-corrected chi connectivity index (χ4v) is 0. The second-order valence-corrected chi connectivity index (χ2v) is 6.51. The number of rotatable bonds is 0. The summed E-state index contributed by atoms with van der Waals surface area (Å²) in [6.07, 6.45) is 0. The molecular formula is C12H38N3OSn4+. The predicted octanol–water partition coefficient (Wildman–Crippen LogP) is 1.10. The third kappa shape index (κ3) is 917. The predicted molar refractivity (Wildman–Crippen MR) is 102 cm³/mol. The van der Waals surface area contributed by atoms with Crippen LogP contribution in [0.2, 0.25) is 0 Å². The second-order valence-electron chi connectivity index (χ2n) is 6.51. The van der Waals surface area contributed by atoms with E-state index < -0.39 is 16.6 Å². The largest absolute Gasteiger partial charge is 0.457 e. The van der Waals surface area contributed by atoms with Crippen LogP contribution in [-0.2, 0) is 5.48 Å². The van der Waals surface area contributed by atoms with Crippen LogP contribution in [0.25, 0.3) is 0 Å². The van der Waals surface area contributed by atoms with Gasteiger partial charge in [0, 0.05) is 118 Å². The summed E-state index contributed by atoms with van der Waals surface area (Å²) in [6, 6.07) is 0. The third-order valence-corrected chi connectivity index (χ3v) is 0. The molecule has 0 atom stereocenters. The first-order valence-corrected chi connectivity index (χ1v) is 5.17. The molecule has 0 aromatic heterocycles. The van der Waals surface area contributed by atoms with Crippen molar-refractivity contribution in [2.24, 2.45) is 0 Å². The first kappa shape index (κ1) is 49.5. The van der Waals surface area contributed by atoms with Gasteiger partial charge in [0.15, 0.2) is 0 Å². The van der Waals surface area contributed by atoms with Gasteiger partial charge in [-0.1, -0.05) is 0 Å². The van der Waals surface area contributed by atoms with Crippen molar-refractivity contribution in [3.05, 3.63) is 0 Å². The van der Waals surface area contributed by atoms with Crippen LogP contribution in [0.4, 0.5) is 0 Å². The minimum atomic E-state index is -0.500. The molecule has 4 nitrogen and oxygen atoms in total. The van der Waals surface area contributed by atoms with Crippen LogP contribution in [-0.4, -0.2) is 112 Å². The summed E-state index contributed by atoms with van der Waals surface area (Å²) in [5.74, 6) is 0. The molecule has 0 aromatic carbocycles. The molecule has 0 aliphatic carbocycles. The normalized spacial score (nSPS) is 9.00. The van der Waals surface area contributed by atoms with Crippen molar-refractivity contribution >= 4 is 95.6 Å². The summed E-state index contributed by atoms with van der Waals surface area (Å²) in [5.41, 5.74) is 24.1. The van der Waals surface area contributed by atoms with E-state index in [2.05, 4.69) is 0 Å². The maximum Gasteiger partial charge on any atom is 0.0459 e. The minimum Gasteiger partial charge on any atom is -0.457 e. The quantitative estimate of drug-likeness (QED) is 0.266. The van der Waals surface area contributed by atoms with E-state index in [1.807, 2.05) is 0 Å². The van der Waals surface area contributed by atoms with Crippen LogP contribution in [0, 0.1) is 0 Å². The van der Waals surface area contributed by atoms with Crippen molar-refractivity contribution in [1.29, 1.82) is 0 Å². The molecule has 0 bridgehead atoms. The first-order valence-electron chi connectivity index (χ1n) is 5.17. The summed E-state index contributed by atoms with van der Waals surface area (Å²) >= 11 is 0. The summed E-state index contributed by atoms with van der Waals surface area (Å²) in [7, 11) is 0. The summed E-state index contributed by atoms with van der Waals surface area (Å²) in [6.45, 7) is 15.7. The van der Waals surface area contributed by atoms with E-state index >= 15 is 0 Å². The number of hydrogen-bond acceptors (Lipinski definition) is 0. The van der Waals surface area contributed by atoms with Crippen molar-refractivity contribution in [2.75, 3.05) is 0 Å². The summed E-state index contributed by atoms with van der Waals surface area (Å²) in [5, 5.41) is 0. The van der Waals surface area contributed by atoms with Crippen LogP contribution in [0.3, 0.4) is 0 Å². The first-order chi connectivity index (χ1) is 6.00. The van der Waals surface area contributed by atoms with Gasteiger partial charge in [-0.05, 0) is 62.3 Å². The van der Waals surface area contributed by atoms with Gasteiger partial charge in [-0.3, -0.25) is 0 Å². The molecule has 22 radical (unpaired) electrons. The van der Waals surface area contributed by atoms with Crippen LogP contribution >= 0.6 is 0 Å². The average molecular weight is 715 g/mol. The second kappa shape index (κ2) is 22.0. The topological polar surface area (TPSA) is 99.9 Å². The molecule has 20 heavy (non-hydrogen) atoms. The zero-order valence-corrected chi connectivity index (χ0v) is 25.8. The molecule has 0 heterocycles. The summed E-state index contributed by atoms with van der Waals surface area (Å²) < 4.78 is 0. The van der Waals surface area contributed by atoms with Crippen molar-refractivity contribution < 1.29 is 11.2 Å². The number of nitrogens with zero attached hydrogens (tertiary/aromatic N) is 3. The molecule has 0 aromatic rings. The van der Waals surface area contributed by atoms with Gasteiger partial charge in [0.2, 0.25) is 0 Å². The molecule has 0 saturated carbocycles. The Balaban J connectivity index is -0.00000000758. The SMILES string of the molecule is CC(C)(C)[N].CC(C)(C)[N].CC(C)(C)[N].[HH].[HH].[HH].[HH].[OH3+].[Sn].[Sn].[Sn].[Sn]. The molecule has 0 aliphatic heterocycles. The third-order valence-electron chi connectivity index (χ3n) is 0. The molecule has 0 fully saturated rings. The van der Waals surface area contributed by atoms with Crippen molar-refractivity contribution in [3.8, 4) is 0 Å². The van der Waals surface area contributed by atoms with Gasteiger partial charge in [-0.2, -0.15) is 0 Å². The molecule has 0 unspecified atom stereocenters. The maximum absolute atomic E-state index is 8.52. The van der Waals surface area contributed by atoms with E-state index in [-0.39, 0.29) is 107 Å². The molecular weight excluding hydrogens is 677 g/mol. The zero-order chi connectivity index (χ0) is 13.5. The fraction of sp³-hybridized carbons (Fsp3) is 1.00. The maximum atomic E-state index is 8.52. The monoisotopic (exact) mass is 720 g/mol. The van der Waals surface area contributed by atoms with Crippen molar-refractivity contribution in [1.82, 2.24) is 17.2 Å². The Morgan fingerprint density at radius 1 is 0.450 bits per heavy atom. The Hall–Kier alpha value is 3.03. The van der Waals surface area contributed by atoms with E-state index in [0.29, 0.717) is 0 Å². The Labute approximate surface area is 201 Å². The van der Waals surface area contributed by atoms with E-state index in [0.717, 1.165) is 0 Å². The van der Waals surface area contributed by atoms with E-state index in [9.17, 15) is 0 Å². The van der Waals surface area contributed by atoms with Gasteiger partial charge >= 0.3 is 0 Å². The van der Waals surface area contributed by atoms with Crippen molar-refractivity contribution in [2.45, 2.75) is 78.9 Å². The van der Waals surface area contributed by atoms with Crippen LogP contribution < -0.4 is 17.2 Å². The van der Waals surface area contributed by atoms with Crippen molar-refractivity contribution in [3.63, 3.8) is 0 Å². The van der Waals surface area contributed by atoms with E-state index in [4.69, 9.17) is 17.2 Å². The Morgan fingerprint density at radius 2 is 0.450 bits per heavy atom. The molecule has 0 saturated heterocycles. The van der Waals surface area contributed by atoms with E-state index in [1.54, 1.807) is 62.3 Å². The Kier molecular flexibility index (Phi) is 54.5. The molecule has 3 N–H and O–H groups in total. The minimum absolute atomic E-state index is 0. The molecule has 0 spiro atoms. The molecule has 0 amide bonds. The number of hydrogen-bond donors (Lipinski definition) is 0. The molecule has 8 heteroatoms. The van der Waals surface area contributed by atoms with Crippen LogP contribution in [0.5, 0.6) is 0 Å².